The Labute approximate surface area is 189 Å². The number of hydrogen-bond acceptors (Lipinski definition) is 7. The molecule has 8 nitrogen and oxygen atoms in total. The van der Waals surface area contributed by atoms with E-state index in [4.69, 9.17) is 4.74 Å². The number of carbonyl (C=O) groups excluding carboxylic acids is 4. The SMILES string of the molecule is CCOC(=O)c1sc(NC(=O)C(C(C)CC)N2C(=O)c3ccccc3C2=O)c(C#N)c1C. The van der Waals surface area contributed by atoms with Gasteiger partial charge in [-0.25, -0.2) is 4.79 Å². The molecular weight excluding hydrogens is 430 g/mol. The van der Waals surface area contributed by atoms with Crippen LogP contribution in [0.1, 0.15) is 68.7 Å². The number of imide groups is 1. The Morgan fingerprint density at radius 1 is 1.19 bits per heavy atom. The Balaban J connectivity index is 1.97. The minimum Gasteiger partial charge on any atom is -0.462 e. The van der Waals surface area contributed by atoms with E-state index in [2.05, 4.69) is 5.32 Å². The maximum absolute atomic E-state index is 13.4. The van der Waals surface area contributed by atoms with Crippen LogP contribution in [0.4, 0.5) is 5.00 Å². The van der Waals surface area contributed by atoms with Gasteiger partial charge in [0.15, 0.2) is 0 Å². The van der Waals surface area contributed by atoms with Crippen molar-refractivity contribution in [3.63, 3.8) is 0 Å². The van der Waals surface area contributed by atoms with Gasteiger partial charge >= 0.3 is 5.97 Å². The zero-order valence-electron chi connectivity index (χ0n) is 18.2. The number of carbonyl (C=O) groups is 4. The number of nitrogens with one attached hydrogen (secondary N) is 1. The van der Waals surface area contributed by atoms with Gasteiger partial charge < -0.3 is 10.1 Å². The Bertz CT molecular complexity index is 1110. The molecule has 2 unspecified atom stereocenters. The molecular formula is C23H23N3O5S. The number of anilines is 1. The summed E-state index contributed by atoms with van der Waals surface area (Å²) in [6, 6.07) is 7.38. The van der Waals surface area contributed by atoms with Crippen LogP contribution in [-0.4, -0.2) is 41.2 Å². The van der Waals surface area contributed by atoms with E-state index in [9.17, 15) is 24.4 Å². The van der Waals surface area contributed by atoms with Crippen LogP contribution in [0.3, 0.4) is 0 Å². The molecule has 2 heterocycles. The van der Waals surface area contributed by atoms with E-state index >= 15 is 0 Å². The molecule has 1 aliphatic rings. The van der Waals surface area contributed by atoms with Crippen molar-refractivity contribution in [2.24, 2.45) is 5.92 Å². The van der Waals surface area contributed by atoms with Crippen molar-refractivity contribution in [1.29, 1.82) is 5.26 Å². The molecule has 0 radical (unpaired) electrons. The summed E-state index contributed by atoms with van der Waals surface area (Å²) in [7, 11) is 0. The standard InChI is InChI=1S/C23H23N3O5S/c1-5-12(3)17(26-21(28)14-9-7-8-10-15(14)22(26)29)19(27)25-20-16(11-24)13(4)18(32-20)23(30)31-6-2/h7-10,12,17H,5-6H2,1-4H3,(H,25,27). The van der Waals surface area contributed by atoms with Gasteiger partial charge in [-0.2, -0.15) is 5.26 Å². The first-order chi connectivity index (χ1) is 15.3. The molecule has 0 spiro atoms. The summed E-state index contributed by atoms with van der Waals surface area (Å²) < 4.78 is 5.03. The Kier molecular flexibility index (Phi) is 6.75. The molecule has 3 rings (SSSR count). The van der Waals surface area contributed by atoms with Gasteiger partial charge in [-0.3, -0.25) is 19.3 Å². The van der Waals surface area contributed by atoms with Crippen LogP contribution in [0.15, 0.2) is 24.3 Å². The molecule has 1 N–H and O–H groups in total. The third kappa shape index (κ3) is 3.89. The predicted octanol–water partition coefficient (Wildman–Crippen LogP) is 3.75. The molecule has 0 saturated heterocycles. The molecule has 1 aromatic carbocycles. The first kappa shape index (κ1) is 23.2. The minimum absolute atomic E-state index is 0.150. The van der Waals surface area contributed by atoms with E-state index in [0.717, 1.165) is 16.2 Å². The third-order valence-electron chi connectivity index (χ3n) is 5.51. The lowest BCUT2D eigenvalue weighted by atomic mass is 9.96. The quantitative estimate of drug-likeness (QED) is 0.504. The number of thiophene rings is 1. The van der Waals surface area contributed by atoms with Crippen molar-refractivity contribution in [2.45, 2.75) is 40.2 Å². The highest BCUT2D eigenvalue weighted by atomic mass is 32.1. The van der Waals surface area contributed by atoms with Crippen LogP contribution in [0.25, 0.3) is 0 Å². The van der Waals surface area contributed by atoms with Gasteiger partial charge in [-0.05, 0) is 37.5 Å². The van der Waals surface area contributed by atoms with E-state index in [0.29, 0.717) is 12.0 Å². The summed E-state index contributed by atoms with van der Waals surface area (Å²) in [5.74, 6) is -2.57. The number of nitriles is 1. The highest BCUT2D eigenvalue weighted by Gasteiger charge is 2.44. The van der Waals surface area contributed by atoms with Crippen molar-refractivity contribution < 1.29 is 23.9 Å². The van der Waals surface area contributed by atoms with E-state index < -0.39 is 29.7 Å². The maximum Gasteiger partial charge on any atom is 0.348 e. The van der Waals surface area contributed by atoms with Gasteiger partial charge in [0.1, 0.15) is 22.0 Å². The molecule has 1 aromatic heterocycles. The van der Waals surface area contributed by atoms with Crippen LogP contribution < -0.4 is 5.32 Å². The lowest BCUT2D eigenvalue weighted by molar-refractivity contribution is -0.121. The van der Waals surface area contributed by atoms with E-state index in [1.807, 2.05) is 13.0 Å². The molecule has 2 aromatic rings. The first-order valence-electron chi connectivity index (χ1n) is 10.2. The number of hydrogen-bond donors (Lipinski definition) is 1. The van der Waals surface area contributed by atoms with E-state index in [1.165, 1.54) is 0 Å². The Morgan fingerprint density at radius 3 is 2.28 bits per heavy atom. The summed E-state index contributed by atoms with van der Waals surface area (Å²) >= 11 is 0.938. The number of fused-ring (bicyclic) bond motifs is 1. The fraction of sp³-hybridized carbons (Fsp3) is 0.348. The summed E-state index contributed by atoms with van der Waals surface area (Å²) in [4.78, 5) is 52.7. The monoisotopic (exact) mass is 453 g/mol. The average Bonchev–Trinajstić information content (AvgIpc) is 3.22. The molecule has 3 amide bonds. The van der Waals surface area contributed by atoms with Crippen molar-refractivity contribution >= 4 is 40.0 Å². The number of benzene rings is 1. The number of esters is 1. The van der Waals surface area contributed by atoms with E-state index in [1.54, 1.807) is 45.0 Å². The topological polar surface area (TPSA) is 117 Å². The lowest BCUT2D eigenvalue weighted by Crippen LogP contribution is -2.50. The van der Waals surface area contributed by atoms with Gasteiger partial charge in [0.05, 0.1) is 23.3 Å². The summed E-state index contributed by atoms with van der Waals surface area (Å²) in [5, 5.41) is 12.4. The first-order valence-corrected chi connectivity index (χ1v) is 11.1. The van der Waals surface area contributed by atoms with Crippen molar-refractivity contribution in [2.75, 3.05) is 11.9 Å². The summed E-state index contributed by atoms with van der Waals surface area (Å²) in [6.45, 7) is 7.09. The van der Waals surface area contributed by atoms with Gasteiger partial charge in [0, 0.05) is 0 Å². The van der Waals surface area contributed by atoms with Gasteiger partial charge in [0.2, 0.25) is 5.91 Å². The van der Waals surface area contributed by atoms with Crippen LogP contribution >= 0.6 is 11.3 Å². The normalized spacial score (nSPS) is 14.5. The fourth-order valence-electron chi connectivity index (χ4n) is 3.63. The molecule has 32 heavy (non-hydrogen) atoms. The predicted molar refractivity (Wildman–Crippen MR) is 119 cm³/mol. The molecule has 9 heteroatoms. The van der Waals surface area contributed by atoms with Crippen LogP contribution in [0.2, 0.25) is 0 Å². The molecule has 0 bridgehead atoms. The van der Waals surface area contributed by atoms with E-state index in [-0.39, 0.29) is 39.1 Å². The summed E-state index contributed by atoms with van der Waals surface area (Å²) in [6.07, 6.45) is 0.536. The number of amides is 3. The maximum atomic E-state index is 13.4. The fourth-order valence-corrected chi connectivity index (χ4v) is 4.68. The second-order valence-electron chi connectivity index (χ2n) is 7.44. The highest BCUT2D eigenvalue weighted by Crippen LogP contribution is 2.34. The molecule has 0 saturated carbocycles. The van der Waals surface area contributed by atoms with Crippen LogP contribution in [0, 0.1) is 24.2 Å². The smallest absolute Gasteiger partial charge is 0.348 e. The highest BCUT2D eigenvalue weighted by molar-refractivity contribution is 7.18. The number of ether oxygens (including phenoxy) is 1. The van der Waals surface area contributed by atoms with Crippen LogP contribution in [-0.2, 0) is 9.53 Å². The molecule has 2 atom stereocenters. The molecule has 0 fully saturated rings. The zero-order chi connectivity index (χ0) is 23.6. The Morgan fingerprint density at radius 2 is 1.78 bits per heavy atom. The van der Waals surface area contributed by atoms with Gasteiger partial charge in [-0.1, -0.05) is 32.4 Å². The zero-order valence-corrected chi connectivity index (χ0v) is 19.0. The largest absolute Gasteiger partial charge is 0.462 e. The van der Waals surface area contributed by atoms with Crippen molar-refractivity contribution in [1.82, 2.24) is 4.90 Å². The lowest BCUT2D eigenvalue weighted by Gasteiger charge is -2.29. The third-order valence-corrected chi connectivity index (χ3v) is 6.70. The van der Waals surface area contributed by atoms with Crippen LogP contribution in [0.5, 0.6) is 0 Å². The molecule has 1 aliphatic heterocycles. The number of nitrogens with zero attached hydrogens (tertiary/aromatic N) is 2. The minimum atomic E-state index is -1.08. The second-order valence-corrected chi connectivity index (χ2v) is 8.46. The van der Waals surface area contributed by atoms with Gasteiger partial charge in [-0.15, -0.1) is 11.3 Å². The van der Waals surface area contributed by atoms with Crippen molar-refractivity contribution in [3.05, 3.63) is 51.4 Å². The Hall–Kier alpha value is -3.51. The van der Waals surface area contributed by atoms with Crippen molar-refractivity contribution in [3.8, 4) is 6.07 Å². The average molecular weight is 454 g/mol. The second kappa shape index (κ2) is 9.32. The summed E-state index contributed by atoms with van der Waals surface area (Å²) in [5.41, 5.74) is 1.07. The van der Waals surface area contributed by atoms with Gasteiger partial charge in [0.25, 0.3) is 11.8 Å². The molecule has 0 aliphatic carbocycles. The number of rotatable bonds is 7. The molecule has 166 valence electrons.